The van der Waals surface area contributed by atoms with Crippen LogP contribution in [0.25, 0.3) is 0 Å². The van der Waals surface area contributed by atoms with E-state index in [2.05, 4.69) is 0 Å². The van der Waals surface area contributed by atoms with Gasteiger partial charge >= 0.3 is 23.9 Å². The zero-order valence-corrected chi connectivity index (χ0v) is 22.2. The first-order chi connectivity index (χ1) is 17.2. The summed E-state index contributed by atoms with van der Waals surface area (Å²) in [5.41, 5.74) is 0.880. The molecule has 4 aromatic carbocycles. The van der Waals surface area contributed by atoms with Gasteiger partial charge in [-0.25, -0.2) is 0 Å². The number of rotatable bonds is 4. The Morgan fingerprint density at radius 3 is 0.541 bits per heavy atom. The van der Waals surface area contributed by atoms with Crippen molar-refractivity contribution in [2.45, 2.75) is 0 Å². The van der Waals surface area contributed by atoms with Crippen LogP contribution in [0, 0.1) is 0 Å². The molecule has 0 amide bonds. The average Bonchev–Trinajstić information content (AvgIpc) is 2.92. The van der Waals surface area contributed by atoms with Gasteiger partial charge < -0.3 is 39.6 Å². The smallest absolute Gasteiger partial charge is 0.545 e. The van der Waals surface area contributed by atoms with E-state index in [0.717, 1.165) is 0 Å². The fraction of sp³-hybridized carbons (Fsp3) is 0. The van der Waals surface area contributed by atoms with Gasteiger partial charge in [0.1, 0.15) is 0 Å². The number of aromatic carboxylic acids is 4. The minimum atomic E-state index is -1.13. The molecule has 0 fully saturated rings. The van der Waals surface area contributed by atoms with Crippen molar-refractivity contribution in [3.63, 3.8) is 0 Å². The van der Waals surface area contributed by atoms with Gasteiger partial charge in [0, 0.05) is 0 Å². The van der Waals surface area contributed by atoms with Crippen LogP contribution in [-0.2, 0) is 0 Å². The van der Waals surface area contributed by atoms with E-state index in [0.29, 0.717) is 0 Å². The number of carboxylic acid groups (broad SMARTS) is 4. The van der Waals surface area contributed by atoms with E-state index in [1.54, 1.807) is 72.8 Å². The Morgan fingerprint density at radius 1 is 0.324 bits per heavy atom. The van der Waals surface area contributed by atoms with Crippen LogP contribution >= 0.6 is 0 Å². The second kappa shape index (κ2) is 18.8. The molecule has 0 spiro atoms. The van der Waals surface area contributed by atoms with Gasteiger partial charge in [0.15, 0.2) is 0 Å². The quantitative estimate of drug-likeness (QED) is 0.291. The minimum Gasteiger partial charge on any atom is -0.545 e. The summed E-state index contributed by atoms with van der Waals surface area (Å²) in [6.45, 7) is 0. The SMILES string of the molecule is O=C([O-])c1ccccc1.O=C([O-])c1ccccc1.O=C([O-])c1ccccc1.O=C([O-])c1ccccc1.[Sn+4]. The summed E-state index contributed by atoms with van der Waals surface area (Å²) in [5.74, 6) is -4.52. The van der Waals surface area contributed by atoms with E-state index in [1.807, 2.05) is 0 Å². The van der Waals surface area contributed by atoms with Crippen molar-refractivity contribution in [2.24, 2.45) is 0 Å². The monoisotopic (exact) mass is 604 g/mol. The van der Waals surface area contributed by atoms with Gasteiger partial charge in [-0.05, 0) is 22.3 Å². The summed E-state index contributed by atoms with van der Waals surface area (Å²) in [7, 11) is 0. The first kappa shape index (κ1) is 32.6. The molecule has 0 radical (unpaired) electrons. The third kappa shape index (κ3) is 14.5. The zero-order chi connectivity index (χ0) is 26.8. The van der Waals surface area contributed by atoms with Crippen LogP contribution in [0.15, 0.2) is 121 Å². The van der Waals surface area contributed by atoms with Crippen molar-refractivity contribution in [2.75, 3.05) is 0 Å². The molecule has 0 bridgehead atoms. The maximum Gasteiger partial charge on any atom is 4.00 e. The topological polar surface area (TPSA) is 161 Å². The summed E-state index contributed by atoms with van der Waals surface area (Å²) in [6.07, 6.45) is 0. The maximum atomic E-state index is 10.1. The molecule has 0 atom stereocenters. The van der Waals surface area contributed by atoms with E-state index < -0.39 is 23.9 Å². The molecule has 184 valence electrons. The predicted octanol–water partition coefficient (Wildman–Crippen LogP) is -0.180. The van der Waals surface area contributed by atoms with E-state index in [-0.39, 0.29) is 46.2 Å². The molecule has 0 unspecified atom stereocenters. The second-order valence-corrected chi connectivity index (χ2v) is 6.61. The van der Waals surface area contributed by atoms with Gasteiger partial charge in [0.05, 0.1) is 23.9 Å². The summed E-state index contributed by atoms with van der Waals surface area (Å²) in [5, 5.41) is 40.4. The molecule has 9 heteroatoms. The normalized spacial score (nSPS) is 8.65. The Morgan fingerprint density at radius 2 is 0.459 bits per heavy atom. The Bertz CT molecular complexity index is 1020. The number of carbonyl (C=O) groups excluding carboxylic acids is 4. The first-order valence-corrected chi connectivity index (χ1v) is 10.3. The van der Waals surface area contributed by atoms with E-state index >= 15 is 0 Å². The van der Waals surface area contributed by atoms with Crippen molar-refractivity contribution in [1.82, 2.24) is 0 Å². The van der Waals surface area contributed by atoms with Crippen LogP contribution in [0.1, 0.15) is 41.4 Å². The van der Waals surface area contributed by atoms with Crippen LogP contribution in [-0.4, -0.2) is 47.8 Å². The van der Waals surface area contributed by atoms with Gasteiger partial charge in [0.25, 0.3) is 0 Å². The van der Waals surface area contributed by atoms with E-state index in [4.69, 9.17) is 0 Å². The van der Waals surface area contributed by atoms with Crippen LogP contribution in [0.4, 0.5) is 0 Å². The number of benzene rings is 4. The third-order valence-electron chi connectivity index (χ3n) is 4.04. The van der Waals surface area contributed by atoms with Crippen molar-refractivity contribution in [3.05, 3.63) is 144 Å². The Labute approximate surface area is 230 Å². The maximum absolute atomic E-state index is 10.1. The fourth-order valence-corrected chi connectivity index (χ4v) is 2.30. The summed E-state index contributed by atoms with van der Waals surface area (Å²) in [4.78, 5) is 40.4. The fourth-order valence-electron chi connectivity index (χ4n) is 2.30. The molecule has 4 rings (SSSR count). The van der Waals surface area contributed by atoms with Gasteiger partial charge in [-0.2, -0.15) is 0 Å². The Balaban J connectivity index is 0.000000463. The largest absolute Gasteiger partial charge is 4.00 e. The van der Waals surface area contributed by atoms with Crippen molar-refractivity contribution >= 4 is 47.8 Å². The van der Waals surface area contributed by atoms with Crippen molar-refractivity contribution in [3.8, 4) is 0 Å². The third-order valence-corrected chi connectivity index (χ3v) is 4.04. The van der Waals surface area contributed by atoms with Gasteiger partial charge in [-0.1, -0.05) is 121 Å². The first-order valence-electron chi connectivity index (χ1n) is 10.3. The van der Waals surface area contributed by atoms with Gasteiger partial charge in [-0.3, -0.25) is 0 Å². The number of carboxylic acids is 4. The van der Waals surface area contributed by atoms with Crippen molar-refractivity contribution < 1.29 is 39.6 Å². The summed E-state index contributed by atoms with van der Waals surface area (Å²) < 4.78 is 0. The van der Waals surface area contributed by atoms with E-state index in [1.165, 1.54) is 48.5 Å². The Kier molecular flexibility index (Phi) is 16.6. The number of carbonyl (C=O) groups is 4. The average molecular weight is 603 g/mol. The molecule has 0 heterocycles. The van der Waals surface area contributed by atoms with Crippen LogP contribution in [0.3, 0.4) is 0 Å². The summed E-state index contributed by atoms with van der Waals surface area (Å²) in [6, 6.07) is 32.3. The molecule has 0 aliphatic carbocycles. The molecule has 0 saturated carbocycles. The standard InChI is InChI=1S/4C7H6O2.Sn/c4*8-7(9)6-4-2-1-3-5-6;/h4*1-5H,(H,8,9);/q;;;;+4/p-4. The molecule has 4 aromatic rings. The predicted molar refractivity (Wildman–Crippen MR) is 129 cm³/mol. The van der Waals surface area contributed by atoms with E-state index in [9.17, 15) is 39.6 Å². The molecule has 0 aromatic heterocycles. The van der Waals surface area contributed by atoms with Gasteiger partial charge in [-0.15, -0.1) is 0 Å². The molecular weight excluding hydrogens is 583 g/mol. The minimum absolute atomic E-state index is 0. The number of hydrogen-bond acceptors (Lipinski definition) is 8. The molecule has 0 aliphatic rings. The summed E-state index contributed by atoms with van der Waals surface area (Å²) >= 11 is 0. The zero-order valence-electron chi connectivity index (χ0n) is 19.3. The van der Waals surface area contributed by atoms with Crippen molar-refractivity contribution in [1.29, 1.82) is 0 Å². The Hall–Kier alpha value is -4.44. The molecule has 8 nitrogen and oxygen atoms in total. The molecule has 0 saturated heterocycles. The number of hydrogen-bond donors (Lipinski definition) is 0. The van der Waals surface area contributed by atoms with Crippen LogP contribution in [0.2, 0.25) is 0 Å². The van der Waals surface area contributed by atoms with Crippen LogP contribution in [0.5, 0.6) is 0 Å². The molecule has 37 heavy (non-hydrogen) atoms. The second-order valence-electron chi connectivity index (χ2n) is 6.61. The molecule has 0 aliphatic heterocycles. The van der Waals surface area contributed by atoms with Gasteiger partial charge in [0.2, 0.25) is 0 Å². The molecular formula is C28H20O8Sn. The van der Waals surface area contributed by atoms with Crippen LogP contribution < -0.4 is 20.4 Å². The molecule has 0 N–H and O–H groups in total.